The van der Waals surface area contributed by atoms with Crippen LogP contribution in [0.25, 0.3) is 0 Å². The molecule has 0 aromatic rings. The Bertz CT molecular complexity index is 379. The fraction of sp³-hybridized carbons (Fsp3) is 0.929. The SMILES string of the molecule is CCCCCCCCCCCCN1C=CN(CCCCCCCCCC)C1CCC. The third-order valence-electron chi connectivity index (χ3n) is 6.80. The van der Waals surface area contributed by atoms with E-state index < -0.39 is 0 Å². The van der Waals surface area contributed by atoms with Crippen molar-refractivity contribution in [2.45, 2.75) is 155 Å². The topological polar surface area (TPSA) is 6.48 Å². The van der Waals surface area contributed by atoms with E-state index in [1.165, 1.54) is 142 Å². The highest BCUT2D eigenvalue weighted by molar-refractivity contribution is 4.96. The molecule has 0 spiro atoms. The van der Waals surface area contributed by atoms with Crippen molar-refractivity contribution in [2.24, 2.45) is 0 Å². The molecule has 1 aliphatic rings. The third kappa shape index (κ3) is 13.6. The molecule has 2 nitrogen and oxygen atoms in total. The summed E-state index contributed by atoms with van der Waals surface area (Å²) in [6.45, 7) is 9.45. The van der Waals surface area contributed by atoms with Crippen molar-refractivity contribution in [3.8, 4) is 0 Å². The Morgan fingerprint density at radius 3 is 1.10 bits per heavy atom. The summed E-state index contributed by atoms with van der Waals surface area (Å²) in [4.78, 5) is 5.27. The molecule has 0 bridgehead atoms. The molecule has 0 saturated carbocycles. The van der Waals surface area contributed by atoms with Crippen molar-refractivity contribution < 1.29 is 0 Å². The van der Waals surface area contributed by atoms with Crippen molar-refractivity contribution in [2.75, 3.05) is 13.1 Å². The summed E-state index contributed by atoms with van der Waals surface area (Å²) in [5.74, 6) is 0. The summed E-state index contributed by atoms with van der Waals surface area (Å²) in [6, 6.07) is 0. The van der Waals surface area contributed by atoms with Gasteiger partial charge in [-0.1, -0.05) is 130 Å². The van der Waals surface area contributed by atoms with Crippen molar-refractivity contribution in [1.29, 1.82) is 0 Å². The molecule has 0 aromatic heterocycles. The molecule has 0 fully saturated rings. The summed E-state index contributed by atoms with van der Waals surface area (Å²) in [6.07, 6.45) is 33.6. The molecule has 1 atom stereocenters. The van der Waals surface area contributed by atoms with Crippen LogP contribution in [0.5, 0.6) is 0 Å². The van der Waals surface area contributed by atoms with Gasteiger partial charge in [0.15, 0.2) is 0 Å². The minimum atomic E-state index is 0.637. The molecule has 0 radical (unpaired) electrons. The third-order valence-corrected chi connectivity index (χ3v) is 6.80. The Morgan fingerprint density at radius 1 is 0.433 bits per heavy atom. The van der Waals surface area contributed by atoms with Gasteiger partial charge in [-0.05, 0) is 19.3 Å². The maximum Gasteiger partial charge on any atom is 0.101 e. The van der Waals surface area contributed by atoms with E-state index in [0.29, 0.717) is 6.17 Å². The van der Waals surface area contributed by atoms with Crippen LogP contribution in [0.15, 0.2) is 12.4 Å². The summed E-state index contributed by atoms with van der Waals surface area (Å²) in [5, 5.41) is 0. The van der Waals surface area contributed by atoms with Crippen LogP contribution in [-0.4, -0.2) is 29.1 Å². The summed E-state index contributed by atoms with van der Waals surface area (Å²) >= 11 is 0. The van der Waals surface area contributed by atoms with Gasteiger partial charge in [-0.15, -0.1) is 0 Å². The highest BCUT2D eigenvalue weighted by atomic mass is 15.4. The largest absolute Gasteiger partial charge is 0.356 e. The molecule has 0 saturated heterocycles. The maximum absolute atomic E-state index is 2.64. The van der Waals surface area contributed by atoms with Crippen LogP contribution < -0.4 is 0 Å². The lowest BCUT2D eigenvalue weighted by molar-refractivity contribution is 0.138. The predicted molar refractivity (Wildman–Crippen MR) is 136 cm³/mol. The zero-order chi connectivity index (χ0) is 21.7. The second-order valence-corrected chi connectivity index (χ2v) is 9.70. The van der Waals surface area contributed by atoms with Gasteiger partial charge in [-0.3, -0.25) is 0 Å². The highest BCUT2D eigenvalue weighted by Crippen LogP contribution is 2.22. The Labute approximate surface area is 190 Å². The average molecular weight is 421 g/mol. The molecule has 30 heavy (non-hydrogen) atoms. The van der Waals surface area contributed by atoms with Crippen LogP contribution >= 0.6 is 0 Å². The van der Waals surface area contributed by atoms with Gasteiger partial charge in [0.25, 0.3) is 0 Å². The van der Waals surface area contributed by atoms with Crippen molar-refractivity contribution in [1.82, 2.24) is 9.80 Å². The molecule has 178 valence electrons. The first-order valence-corrected chi connectivity index (χ1v) is 14.0. The monoisotopic (exact) mass is 420 g/mol. The lowest BCUT2D eigenvalue weighted by Crippen LogP contribution is -2.39. The van der Waals surface area contributed by atoms with Gasteiger partial charge in [0, 0.05) is 25.5 Å². The number of hydrogen-bond donors (Lipinski definition) is 0. The lowest BCUT2D eigenvalue weighted by Gasteiger charge is -2.33. The van der Waals surface area contributed by atoms with Gasteiger partial charge >= 0.3 is 0 Å². The molecule has 0 aliphatic carbocycles. The fourth-order valence-electron chi connectivity index (χ4n) is 4.81. The van der Waals surface area contributed by atoms with Gasteiger partial charge in [0.1, 0.15) is 6.17 Å². The highest BCUT2D eigenvalue weighted by Gasteiger charge is 2.24. The van der Waals surface area contributed by atoms with E-state index in [4.69, 9.17) is 0 Å². The Kier molecular flexibility index (Phi) is 18.5. The average Bonchev–Trinajstić information content (AvgIpc) is 3.13. The van der Waals surface area contributed by atoms with Crippen LogP contribution in [0.3, 0.4) is 0 Å². The first kappa shape index (κ1) is 27.4. The first-order chi connectivity index (χ1) is 14.8. The molecule has 2 heteroatoms. The Hall–Kier alpha value is -0.660. The molecule has 1 rings (SSSR count). The standard InChI is InChI=1S/C28H56N2/c1-4-7-9-11-13-15-16-18-20-22-25-30-27-26-29(28(30)23-6-3)24-21-19-17-14-12-10-8-5-2/h26-28H,4-25H2,1-3H3. The quantitative estimate of drug-likeness (QED) is 0.161. The summed E-state index contributed by atoms with van der Waals surface area (Å²) in [7, 11) is 0. The number of rotatable bonds is 22. The molecule has 1 unspecified atom stereocenters. The summed E-state index contributed by atoms with van der Waals surface area (Å²) in [5.41, 5.74) is 0. The minimum Gasteiger partial charge on any atom is -0.356 e. The number of unbranched alkanes of at least 4 members (excludes halogenated alkanes) is 16. The smallest absolute Gasteiger partial charge is 0.101 e. The molecule has 1 aliphatic heterocycles. The van der Waals surface area contributed by atoms with Crippen LogP contribution in [-0.2, 0) is 0 Å². The molecular formula is C28H56N2. The van der Waals surface area contributed by atoms with Gasteiger partial charge in [0.2, 0.25) is 0 Å². The second kappa shape index (κ2) is 20.3. The minimum absolute atomic E-state index is 0.637. The van der Waals surface area contributed by atoms with Crippen LogP contribution in [0.2, 0.25) is 0 Å². The predicted octanol–water partition coefficient (Wildman–Crippen LogP) is 9.26. The summed E-state index contributed by atoms with van der Waals surface area (Å²) < 4.78 is 0. The van der Waals surface area contributed by atoms with E-state index >= 15 is 0 Å². The first-order valence-electron chi connectivity index (χ1n) is 14.0. The van der Waals surface area contributed by atoms with Gasteiger partial charge < -0.3 is 9.80 Å². The zero-order valence-electron chi connectivity index (χ0n) is 21.2. The number of nitrogens with zero attached hydrogens (tertiary/aromatic N) is 2. The molecule has 0 amide bonds. The molecule has 0 N–H and O–H groups in total. The van der Waals surface area contributed by atoms with E-state index in [-0.39, 0.29) is 0 Å². The van der Waals surface area contributed by atoms with Gasteiger partial charge in [-0.2, -0.15) is 0 Å². The van der Waals surface area contributed by atoms with Crippen LogP contribution in [0, 0.1) is 0 Å². The van der Waals surface area contributed by atoms with E-state index in [9.17, 15) is 0 Å². The Morgan fingerprint density at radius 2 is 0.767 bits per heavy atom. The molecule has 1 heterocycles. The zero-order valence-corrected chi connectivity index (χ0v) is 21.2. The lowest BCUT2D eigenvalue weighted by atomic mass is 10.1. The Balaban J connectivity index is 2.06. The van der Waals surface area contributed by atoms with Crippen molar-refractivity contribution in [3.05, 3.63) is 12.4 Å². The second-order valence-electron chi connectivity index (χ2n) is 9.70. The fourth-order valence-corrected chi connectivity index (χ4v) is 4.81. The number of hydrogen-bond acceptors (Lipinski definition) is 2. The normalized spacial score (nSPS) is 16.2. The van der Waals surface area contributed by atoms with Crippen LogP contribution in [0.1, 0.15) is 149 Å². The van der Waals surface area contributed by atoms with Crippen LogP contribution in [0.4, 0.5) is 0 Å². The van der Waals surface area contributed by atoms with Crippen molar-refractivity contribution >= 4 is 0 Å². The maximum atomic E-state index is 2.64. The van der Waals surface area contributed by atoms with E-state index in [0.717, 1.165) is 0 Å². The van der Waals surface area contributed by atoms with Gasteiger partial charge in [-0.25, -0.2) is 0 Å². The van der Waals surface area contributed by atoms with E-state index in [1.54, 1.807) is 0 Å². The molecular weight excluding hydrogens is 364 g/mol. The van der Waals surface area contributed by atoms with E-state index in [2.05, 4.69) is 43.0 Å². The van der Waals surface area contributed by atoms with Crippen molar-refractivity contribution in [3.63, 3.8) is 0 Å². The van der Waals surface area contributed by atoms with Gasteiger partial charge in [0.05, 0.1) is 0 Å². The van der Waals surface area contributed by atoms with E-state index in [1.807, 2.05) is 0 Å². The molecule has 0 aromatic carbocycles.